The van der Waals surface area contributed by atoms with E-state index in [0.29, 0.717) is 6.54 Å². The van der Waals surface area contributed by atoms with Crippen molar-refractivity contribution in [1.29, 1.82) is 0 Å². The van der Waals surface area contributed by atoms with Crippen molar-refractivity contribution in [1.82, 2.24) is 29.4 Å². The minimum atomic E-state index is -4.54. The van der Waals surface area contributed by atoms with Crippen LogP contribution >= 0.6 is 0 Å². The van der Waals surface area contributed by atoms with Crippen molar-refractivity contribution in [3.63, 3.8) is 0 Å². The van der Waals surface area contributed by atoms with Crippen molar-refractivity contribution in [3.05, 3.63) is 29.6 Å². The Bertz CT molecular complexity index is 704. The van der Waals surface area contributed by atoms with Crippen LogP contribution in [0.25, 0.3) is 0 Å². The third-order valence-electron chi connectivity index (χ3n) is 3.48. The summed E-state index contributed by atoms with van der Waals surface area (Å²) in [6.45, 7) is 2.68. The predicted molar refractivity (Wildman–Crippen MR) is 67.7 cm³/mol. The van der Waals surface area contributed by atoms with Crippen molar-refractivity contribution in [2.75, 3.05) is 6.54 Å². The van der Waals surface area contributed by atoms with E-state index in [-0.39, 0.29) is 37.1 Å². The molecule has 3 heterocycles. The lowest BCUT2D eigenvalue weighted by Gasteiger charge is -2.27. The summed E-state index contributed by atoms with van der Waals surface area (Å²) in [6, 6.07) is 1.59. The van der Waals surface area contributed by atoms with Crippen molar-refractivity contribution in [2.45, 2.75) is 32.7 Å². The zero-order chi connectivity index (χ0) is 15.9. The molecule has 3 rings (SSSR count). The largest absolute Gasteiger partial charge is 0.451 e. The normalized spacial score (nSPS) is 15.0. The molecule has 2 aromatic rings. The van der Waals surface area contributed by atoms with E-state index >= 15 is 0 Å². The average molecular weight is 314 g/mol. The quantitative estimate of drug-likeness (QED) is 0.834. The molecule has 0 atom stereocenters. The fourth-order valence-electron chi connectivity index (χ4n) is 2.35. The maximum Gasteiger partial charge on any atom is 0.451 e. The van der Waals surface area contributed by atoms with Crippen LogP contribution < -0.4 is 0 Å². The molecule has 0 N–H and O–H groups in total. The molecule has 1 aliphatic heterocycles. The SMILES string of the molecule is CCn1ccc(C(=O)N2CCn3c(nnc3C(F)(F)F)C2)n1. The van der Waals surface area contributed by atoms with E-state index in [1.165, 1.54) is 4.90 Å². The monoisotopic (exact) mass is 314 g/mol. The first kappa shape index (κ1) is 14.5. The van der Waals surface area contributed by atoms with Crippen molar-refractivity contribution in [2.24, 2.45) is 0 Å². The van der Waals surface area contributed by atoms with Gasteiger partial charge in [-0.2, -0.15) is 18.3 Å². The predicted octanol–water partition coefficient (Wildman–Crippen LogP) is 1.17. The first-order valence-corrected chi connectivity index (χ1v) is 6.72. The van der Waals surface area contributed by atoms with Crippen LogP contribution in [0.15, 0.2) is 12.3 Å². The molecule has 0 fully saturated rings. The van der Waals surface area contributed by atoms with Crippen LogP contribution in [0.2, 0.25) is 0 Å². The molecule has 2 aromatic heterocycles. The van der Waals surface area contributed by atoms with Gasteiger partial charge in [-0.25, -0.2) is 0 Å². The lowest BCUT2D eigenvalue weighted by Crippen LogP contribution is -2.39. The van der Waals surface area contributed by atoms with Gasteiger partial charge in [0.25, 0.3) is 5.91 Å². The molecule has 1 amide bonds. The second kappa shape index (κ2) is 5.11. The third kappa shape index (κ3) is 2.44. The van der Waals surface area contributed by atoms with Gasteiger partial charge >= 0.3 is 6.18 Å². The molecule has 0 saturated carbocycles. The van der Waals surface area contributed by atoms with Gasteiger partial charge in [0.1, 0.15) is 5.69 Å². The molecule has 0 aliphatic carbocycles. The van der Waals surface area contributed by atoms with Crippen molar-refractivity contribution < 1.29 is 18.0 Å². The van der Waals surface area contributed by atoms with Crippen LogP contribution in [0.3, 0.4) is 0 Å². The lowest BCUT2D eigenvalue weighted by molar-refractivity contribution is -0.147. The summed E-state index contributed by atoms with van der Waals surface area (Å²) in [5.41, 5.74) is 0.269. The van der Waals surface area contributed by atoms with Crippen LogP contribution in [0.4, 0.5) is 13.2 Å². The molecular weight excluding hydrogens is 301 g/mol. The number of alkyl halides is 3. The smallest absolute Gasteiger partial charge is 0.328 e. The Balaban J connectivity index is 1.80. The summed E-state index contributed by atoms with van der Waals surface area (Å²) < 4.78 is 40.9. The number of rotatable bonds is 2. The summed E-state index contributed by atoms with van der Waals surface area (Å²) >= 11 is 0. The van der Waals surface area contributed by atoms with E-state index in [1.54, 1.807) is 16.9 Å². The molecule has 0 radical (unpaired) electrons. The summed E-state index contributed by atoms with van der Waals surface area (Å²) in [6.07, 6.45) is -2.86. The summed E-state index contributed by atoms with van der Waals surface area (Å²) in [5, 5.41) is 10.8. The standard InChI is InChI=1S/C12H13F3N6O/c1-2-20-4-3-8(18-20)10(22)19-5-6-21-9(7-19)16-17-11(21)12(13,14)15/h3-4H,2,5-7H2,1H3. The Hall–Kier alpha value is -2.39. The highest BCUT2D eigenvalue weighted by Crippen LogP contribution is 2.29. The van der Waals surface area contributed by atoms with Crippen molar-refractivity contribution in [3.8, 4) is 0 Å². The fraction of sp³-hybridized carbons (Fsp3) is 0.500. The number of fused-ring (bicyclic) bond motifs is 1. The maximum atomic E-state index is 12.8. The number of hydrogen-bond donors (Lipinski definition) is 0. The van der Waals surface area contributed by atoms with Crippen LogP contribution in [0.5, 0.6) is 0 Å². The highest BCUT2D eigenvalue weighted by atomic mass is 19.4. The van der Waals surface area contributed by atoms with E-state index in [2.05, 4.69) is 15.3 Å². The van der Waals surface area contributed by atoms with Gasteiger partial charge in [0, 0.05) is 25.8 Å². The molecule has 0 bridgehead atoms. The number of carbonyl (C=O) groups excluding carboxylic acids is 1. The number of hydrogen-bond acceptors (Lipinski definition) is 4. The first-order valence-electron chi connectivity index (χ1n) is 6.72. The number of halogens is 3. The molecule has 22 heavy (non-hydrogen) atoms. The Kier molecular flexibility index (Phi) is 3.38. The highest BCUT2D eigenvalue weighted by Gasteiger charge is 2.40. The molecule has 7 nitrogen and oxygen atoms in total. The summed E-state index contributed by atoms with van der Waals surface area (Å²) in [4.78, 5) is 13.7. The lowest BCUT2D eigenvalue weighted by atomic mass is 10.3. The van der Waals surface area contributed by atoms with Crippen molar-refractivity contribution >= 4 is 5.91 Å². The van der Waals surface area contributed by atoms with E-state index in [0.717, 1.165) is 4.57 Å². The summed E-state index contributed by atoms with van der Waals surface area (Å²) in [7, 11) is 0. The summed E-state index contributed by atoms with van der Waals surface area (Å²) in [5.74, 6) is -1.22. The second-order valence-electron chi connectivity index (χ2n) is 4.87. The van der Waals surface area contributed by atoms with E-state index in [1.807, 2.05) is 6.92 Å². The Morgan fingerprint density at radius 2 is 2.09 bits per heavy atom. The Morgan fingerprint density at radius 3 is 2.73 bits per heavy atom. The van der Waals surface area contributed by atoms with Gasteiger partial charge in [-0.1, -0.05) is 0 Å². The number of carbonyl (C=O) groups is 1. The molecule has 0 saturated heterocycles. The molecule has 0 spiro atoms. The number of aryl methyl sites for hydroxylation is 1. The molecule has 0 aromatic carbocycles. The van der Waals surface area contributed by atoms with Crippen LogP contribution in [-0.2, 0) is 25.8 Å². The van der Waals surface area contributed by atoms with Gasteiger partial charge in [-0.15, -0.1) is 10.2 Å². The Labute approximate surface area is 123 Å². The Morgan fingerprint density at radius 1 is 1.32 bits per heavy atom. The van der Waals surface area contributed by atoms with Gasteiger partial charge in [0.05, 0.1) is 6.54 Å². The number of aromatic nitrogens is 5. The topological polar surface area (TPSA) is 68.8 Å². The van der Waals surface area contributed by atoms with Crippen LogP contribution in [0, 0.1) is 0 Å². The van der Waals surface area contributed by atoms with E-state index in [4.69, 9.17) is 0 Å². The third-order valence-corrected chi connectivity index (χ3v) is 3.48. The number of nitrogens with zero attached hydrogens (tertiary/aromatic N) is 6. The van der Waals surface area contributed by atoms with Gasteiger partial charge < -0.3 is 9.47 Å². The van der Waals surface area contributed by atoms with Gasteiger partial charge in [0.15, 0.2) is 5.82 Å². The molecule has 1 aliphatic rings. The molecule has 118 valence electrons. The molecule has 0 unspecified atom stereocenters. The highest BCUT2D eigenvalue weighted by molar-refractivity contribution is 5.92. The average Bonchev–Trinajstić information content (AvgIpc) is 3.11. The minimum Gasteiger partial charge on any atom is -0.328 e. The first-order chi connectivity index (χ1) is 10.4. The zero-order valence-electron chi connectivity index (χ0n) is 11.7. The van der Waals surface area contributed by atoms with E-state index in [9.17, 15) is 18.0 Å². The minimum absolute atomic E-state index is 0.0113. The van der Waals surface area contributed by atoms with Crippen LogP contribution in [0.1, 0.15) is 29.1 Å². The van der Waals surface area contributed by atoms with Gasteiger partial charge in [-0.05, 0) is 13.0 Å². The second-order valence-corrected chi connectivity index (χ2v) is 4.87. The zero-order valence-corrected chi connectivity index (χ0v) is 11.7. The van der Waals surface area contributed by atoms with Crippen LogP contribution in [-0.4, -0.2) is 41.9 Å². The number of amides is 1. The van der Waals surface area contributed by atoms with Gasteiger partial charge in [-0.3, -0.25) is 9.48 Å². The van der Waals surface area contributed by atoms with Gasteiger partial charge in [0.2, 0.25) is 5.82 Å². The molecule has 10 heteroatoms. The fourth-order valence-corrected chi connectivity index (χ4v) is 2.35. The maximum absolute atomic E-state index is 12.8. The van der Waals surface area contributed by atoms with E-state index < -0.39 is 12.0 Å². The molecular formula is C12H13F3N6O.